The largest absolute Gasteiger partial charge is 0.504 e. The van der Waals surface area contributed by atoms with E-state index < -0.39 is 5.75 Å². The van der Waals surface area contributed by atoms with E-state index >= 15 is 0 Å². The van der Waals surface area contributed by atoms with Crippen molar-refractivity contribution in [1.29, 1.82) is 0 Å². The average molecular weight is 365 g/mol. The molecule has 1 aromatic heterocycles. The van der Waals surface area contributed by atoms with Crippen molar-refractivity contribution in [2.24, 2.45) is 11.8 Å². The first-order valence-corrected chi connectivity index (χ1v) is 9.26. The van der Waals surface area contributed by atoms with Crippen molar-refractivity contribution in [2.45, 2.75) is 20.3 Å². The molecular formula is C22H23NO4. The van der Waals surface area contributed by atoms with Crippen LogP contribution >= 0.6 is 0 Å². The summed E-state index contributed by atoms with van der Waals surface area (Å²) in [6, 6.07) is 12.1. The van der Waals surface area contributed by atoms with E-state index in [1.165, 1.54) is 24.6 Å². The normalized spacial score (nSPS) is 20.1. The highest BCUT2D eigenvalue weighted by molar-refractivity contribution is 5.86. The van der Waals surface area contributed by atoms with Crippen LogP contribution in [0, 0.1) is 11.8 Å². The fourth-order valence-corrected chi connectivity index (χ4v) is 4.05. The second kappa shape index (κ2) is 6.65. The lowest BCUT2D eigenvalue weighted by Crippen LogP contribution is -2.38. The molecule has 4 rings (SSSR count). The first kappa shape index (κ1) is 17.5. The zero-order valence-electron chi connectivity index (χ0n) is 15.5. The number of fused-ring (bicyclic) bond motifs is 1. The molecule has 2 N–H and O–H groups in total. The van der Waals surface area contributed by atoms with Crippen LogP contribution in [0.4, 0.5) is 5.69 Å². The first-order valence-electron chi connectivity index (χ1n) is 9.26. The maximum Gasteiger partial charge on any atom is 0.201 e. The molecule has 1 aliphatic heterocycles. The number of phenolic OH excluding ortho intramolecular Hbond substituents is 2. The Morgan fingerprint density at radius 2 is 1.67 bits per heavy atom. The molecule has 0 saturated carbocycles. The smallest absolute Gasteiger partial charge is 0.201 e. The molecule has 1 saturated heterocycles. The van der Waals surface area contributed by atoms with Crippen LogP contribution in [-0.4, -0.2) is 23.3 Å². The van der Waals surface area contributed by atoms with Gasteiger partial charge in [0.1, 0.15) is 5.76 Å². The van der Waals surface area contributed by atoms with Crippen molar-refractivity contribution in [3.8, 4) is 22.8 Å². The van der Waals surface area contributed by atoms with Crippen molar-refractivity contribution in [2.75, 3.05) is 18.0 Å². The van der Waals surface area contributed by atoms with Gasteiger partial charge in [-0.3, -0.25) is 4.79 Å². The molecule has 1 aliphatic rings. The Morgan fingerprint density at radius 3 is 2.33 bits per heavy atom. The Bertz CT molecular complexity index is 1030. The van der Waals surface area contributed by atoms with Crippen LogP contribution in [0.5, 0.6) is 11.5 Å². The van der Waals surface area contributed by atoms with Gasteiger partial charge in [0, 0.05) is 30.4 Å². The molecule has 3 aromatic rings. The fraction of sp³-hybridized carbons (Fsp3) is 0.318. The molecule has 0 amide bonds. The monoisotopic (exact) mass is 365 g/mol. The molecule has 140 valence electrons. The van der Waals surface area contributed by atoms with E-state index in [0.29, 0.717) is 17.6 Å². The molecule has 2 aromatic carbocycles. The molecule has 1 fully saturated rings. The number of hydrogen-bond acceptors (Lipinski definition) is 5. The molecule has 27 heavy (non-hydrogen) atoms. The lowest BCUT2D eigenvalue weighted by atomic mass is 9.91. The number of anilines is 1. The topological polar surface area (TPSA) is 73.9 Å². The SMILES string of the molecule is CC1CC(C)CN(c2ccc(-c3cc(=O)c4ccc(O)c(O)c4o3)cc2)C1. The molecule has 2 unspecified atom stereocenters. The van der Waals surface area contributed by atoms with Gasteiger partial charge in [0.15, 0.2) is 16.8 Å². The highest BCUT2D eigenvalue weighted by atomic mass is 16.4. The van der Waals surface area contributed by atoms with E-state index in [9.17, 15) is 15.0 Å². The van der Waals surface area contributed by atoms with E-state index in [4.69, 9.17) is 4.42 Å². The maximum absolute atomic E-state index is 12.4. The number of piperidine rings is 1. The molecule has 2 atom stereocenters. The average Bonchev–Trinajstić information content (AvgIpc) is 2.64. The lowest BCUT2D eigenvalue weighted by molar-refractivity contribution is 0.357. The second-order valence-corrected chi connectivity index (χ2v) is 7.68. The Balaban J connectivity index is 1.70. The minimum atomic E-state index is -0.417. The minimum Gasteiger partial charge on any atom is -0.504 e. The third-order valence-corrected chi connectivity index (χ3v) is 5.24. The molecule has 5 heteroatoms. The van der Waals surface area contributed by atoms with Crippen molar-refractivity contribution in [1.82, 2.24) is 0 Å². The van der Waals surface area contributed by atoms with Crippen molar-refractivity contribution < 1.29 is 14.6 Å². The zero-order chi connectivity index (χ0) is 19.1. The molecule has 0 aliphatic carbocycles. The predicted octanol–water partition coefficient (Wildman–Crippen LogP) is 4.35. The van der Waals surface area contributed by atoms with Crippen molar-refractivity contribution in [3.05, 3.63) is 52.7 Å². The fourth-order valence-electron chi connectivity index (χ4n) is 4.05. The first-order chi connectivity index (χ1) is 12.9. The van der Waals surface area contributed by atoms with Crippen LogP contribution in [0.1, 0.15) is 20.3 Å². The Labute approximate surface area is 157 Å². The van der Waals surface area contributed by atoms with Crippen LogP contribution in [0.2, 0.25) is 0 Å². The Kier molecular flexibility index (Phi) is 4.30. The highest BCUT2D eigenvalue weighted by Gasteiger charge is 2.22. The molecule has 2 heterocycles. The molecule has 0 bridgehead atoms. The summed E-state index contributed by atoms with van der Waals surface area (Å²) in [6.07, 6.45) is 1.26. The van der Waals surface area contributed by atoms with Crippen LogP contribution in [-0.2, 0) is 0 Å². The van der Waals surface area contributed by atoms with Gasteiger partial charge in [-0.15, -0.1) is 0 Å². The van der Waals surface area contributed by atoms with Gasteiger partial charge in [-0.25, -0.2) is 0 Å². The number of nitrogens with zero attached hydrogens (tertiary/aromatic N) is 1. The summed E-state index contributed by atoms with van der Waals surface area (Å²) in [6.45, 7) is 6.65. The number of hydrogen-bond donors (Lipinski definition) is 2. The van der Waals surface area contributed by atoms with E-state index in [1.807, 2.05) is 24.3 Å². The van der Waals surface area contributed by atoms with E-state index in [-0.39, 0.29) is 22.1 Å². The maximum atomic E-state index is 12.4. The Hall–Kier alpha value is -2.95. The van der Waals surface area contributed by atoms with Gasteiger partial charge in [-0.1, -0.05) is 13.8 Å². The van der Waals surface area contributed by atoms with Crippen LogP contribution in [0.3, 0.4) is 0 Å². The summed E-state index contributed by atoms with van der Waals surface area (Å²) in [7, 11) is 0. The van der Waals surface area contributed by atoms with Crippen LogP contribution < -0.4 is 10.3 Å². The molecule has 5 nitrogen and oxygen atoms in total. The zero-order valence-corrected chi connectivity index (χ0v) is 15.5. The van der Waals surface area contributed by atoms with Gasteiger partial charge < -0.3 is 19.5 Å². The Morgan fingerprint density at radius 1 is 1.00 bits per heavy atom. The van der Waals surface area contributed by atoms with Gasteiger partial charge in [-0.05, 0) is 54.7 Å². The summed E-state index contributed by atoms with van der Waals surface area (Å²) < 4.78 is 5.74. The van der Waals surface area contributed by atoms with Gasteiger partial charge >= 0.3 is 0 Å². The molecule has 0 radical (unpaired) electrons. The standard InChI is InChI=1S/C22H23NO4/c1-13-9-14(2)12-23(11-13)16-5-3-15(4-6-16)20-10-19(25)17-7-8-18(24)21(26)22(17)27-20/h3-8,10,13-14,24,26H,9,11-12H2,1-2H3. The highest BCUT2D eigenvalue weighted by Crippen LogP contribution is 2.35. The number of rotatable bonds is 2. The summed E-state index contributed by atoms with van der Waals surface area (Å²) in [5, 5.41) is 19.9. The van der Waals surface area contributed by atoms with E-state index in [0.717, 1.165) is 24.3 Å². The summed E-state index contributed by atoms with van der Waals surface area (Å²) >= 11 is 0. The number of benzene rings is 2. The number of aromatic hydroxyl groups is 2. The third-order valence-electron chi connectivity index (χ3n) is 5.24. The van der Waals surface area contributed by atoms with Gasteiger partial charge in [-0.2, -0.15) is 0 Å². The summed E-state index contributed by atoms with van der Waals surface area (Å²) in [5.41, 5.74) is 1.64. The van der Waals surface area contributed by atoms with Crippen LogP contribution in [0.25, 0.3) is 22.3 Å². The molecular weight excluding hydrogens is 342 g/mol. The predicted molar refractivity (Wildman–Crippen MR) is 106 cm³/mol. The van der Waals surface area contributed by atoms with Crippen LogP contribution in [0.15, 0.2) is 51.7 Å². The van der Waals surface area contributed by atoms with Crippen molar-refractivity contribution >= 4 is 16.7 Å². The third kappa shape index (κ3) is 3.25. The summed E-state index contributed by atoms with van der Waals surface area (Å²) in [5.74, 6) is 0.969. The van der Waals surface area contributed by atoms with Gasteiger partial charge in [0.25, 0.3) is 0 Å². The number of phenols is 2. The lowest BCUT2D eigenvalue weighted by Gasteiger charge is -2.36. The molecule has 0 spiro atoms. The van der Waals surface area contributed by atoms with E-state index in [2.05, 4.69) is 18.7 Å². The van der Waals surface area contributed by atoms with E-state index in [1.54, 1.807) is 0 Å². The van der Waals surface area contributed by atoms with Crippen molar-refractivity contribution in [3.63, 3.8) is 0 Å². The quantitative estimate of drug-likeness (QED) is 0.660. The second-order valence-electron chi connectivity index (χ2n) is 7.68. The summed E-state index contributed by atoms with van der Waals surface area (Å²) in [4.78, 5) is 14.8. The van der Waals surface area contributed by atoms with Gasteiger partial charge in [0.2, 0.25) is 5.75 Å². The minimum absolute atomic E-state index is 0.000238. The van der Waals surface area contributed by atoms with Gasteiger partial charge in [0.05, 0.1) is 5.39 Å².